The third-order valence-corrected chi connectivity index (χ3v) is 5.17. The minimum absolute atomic E-state index is 0.0408. The molecule has 0 saturated carbocycles. The number of carbonyl (C=O) groups is 1. The lowest BCUT2D eigenvalue weighted by atomic mass is 10.1. The average molecular weight is 348 g/mol. The van der Waals surface area contributed by atoms with Crippen molar-refractivity contribution in [3.63, 3.8) is 0 Å². The van der Waals surface area contributed by atoms with Crippen LogP contribution in [0, 0.1) is 20.8 Å². The summed E-state index contributed by atoms with van der Waals surface area (Å²) in [5.41, 5.74) is 5.51. The monoisotopic (exact) mass is 347 g/mol. The predicted octanol–water partition coefficient (Wildman–Crippen LogP) is 5.53. The zero-order chi connectivity index (χ0) is 17.0. The van der Waals surface area contributed by atoms with Crippen molar-refractivity contribution in [1.29, 1.82) is 0 Å². The molecule has 0 aromatic heterocycles. The summed E-state index contributed by atoms with van der Waals surface area (Å²) < 4.78 is 0. The standard InChI is InChI=1S/C19H22ClNOS/c1-12-9-13(2)18(14(3)10-12)21-19(22)15(4)23-11-16-5-7-17(20)8-6-16/h5-10,15H,11H2,1-4H3,(H,21,22)/t15-/m0/s1. The van der Waals surface area contributed by atoms with E-state index in [4.69, 9.17) is 11.6 Å². The van der Waals surface area contributed by atoms with Crippen LogP contribution in [-0.4, -0.2) is 11.2 Å². The minimum Gasteiger partial charge on any atom is -0.325 e. The average Bonchev–Trinajstić information content (AvgIpc) is 2.49. The van der Waals surface area contributed by atoms with Crippen molar-refractivity contribution in [3.8, 4) is 0 Å². The van der Waals surface area contributed by atoms with Crippen molar-refractivity contribution < 1.29 is 4.79 Å². The fraction of sp³-hybridized carbons (Fsp3) is 0.316. The van der Waals surface area contributed by atoms with Gasteiger partial charge in [0.15, 0.2) is 0 Å². The van der Waals surface area contributed by atoms with Gasteiger partial charge in [0.05, 0.1) is 5.25 Å². The second-order valence-corrected chi connectivity index (χ2v) is 7.61. The van der Waals surface area contributed by atoms with Crippen molar-refractivity contribution >= 4 is 35.0 Å². The van der Waals surface area contributed by atoms with E-state index in [2.05, 4.69) is 24.4 Å². The first-order valence-electron chi connectivity index (χ1n) is 7.61. The number of rotatable bonds is 5. The molecule has 0 unspecified atom stereocenters. The van der Waals surface area contributed by atoms with E-state index in [9.17, 15) is 4.79 Å². The molecule has 2 nitrogen and oxygen atoms in total. The van der Waals surface area contributed by atoms with E-state index in [0.29, 0.717) is 0 Å². The molecule has 0 spiro atoms. The molecule has 0 bridgehead atoms. The van der Waals surface area contributed by atoms with Crippen LogP contribution in [0.2, 0.25) is 5.02 Å². The Morgan fingerprint density at radius 2 is 1.70 bits per heavy atom. The van der Waals surface area contributed by atoms with Gasteiger partial charge in [0.25, 0.3) is 0 Å². The Bertz CT molecular complexity index is 674. The fourth-order valence-electron chi connectivity index (χ4n) is 2.48. The van der Waals surface area contributed by atoms with Gasteiger partial charge in [-0.1, -0.05) is 41.4 Å². The topological polar surface area (TPSA) is 29.1 Å². The lowest BCUT2D eigenvalue weighted by Crippen LogP contribution is -2.23. The summed E-state index contributed by atoms with van der Waals surface area (Å²) in [6.07, 6.45) is 0. The second-order valence-electron chi connectivity index (χ2n) is 5.84. The molecule has 0 saturated heterocycles. The van der Waals surface area contributed by atoms with E-state index < -0.39 is 0 Å². The summed E-state index contributed by atoms with van der Waals surface area (Å²) in [6.45, 7) is 8.06. The molecular weight excluding hydrogens is 326 g/mol. The summed E-state index contributed by atoms with van der Waals surface area (Å²) in [5.74, 6) is 0.830. The smallest absolute Gasteiger partial charge is 0.237 e. The number of thioether (sulfide) groups is 1. The summed E-state index contributed by atoms with van der Waals surface area (Å²) in [6, 6.07) is 11.9. The second kappa shape index (κ2) is 7.89. The first-order chi connectivity index (χ1) is 10.9. The molecule has 1 amide bonds. The van der Waals surface area contributed by atoms with Gasteiger partial charge in [-0.3, -0.25) is 4.79 Å². The Morgan fingerprint density at radius 1 is 1.13 bits per heavy atom. The van der Waals surface area contributed by atoms with Crippen LogP contribution in [-0.2, 0) is 10.5 Å². The molecule has 4 heteroatoms. The summed E-state index contributed by atoms with van der Waals surface area (Å²) in [7, 11) is 0. The van der Waals surface area contributed by atoms with Crippen molar-refractivity contribution in [2.45, 2.75) is 38.7 Å². The number of benzene rings is 2. The molecule has 2 rings (SSSR count). The van der Waals surface area contributed by atoms with E-state index in [-0.39, 0.29) is 11.2 Å². The van der Waals surface area contributed by atoms with Gasteiger partial charge < -0.3 is 5.32 Å². The highest BCUT2D eigenvalue weighted by molar-refractivity contribution is 7.99. The van der Waals surface area contributed by atoms with Crippen LogP contribution >= 0.6 is 23.4 Å². The van der Waals surface area contributed by atoms with E-state index in [1.165, 1.54) is 11.1 Å². The number of halogens is 1. The minimum atomic E-state index is -0.120. The predicted molar refractivity (Wildman–Crippen MR) is 101 cm³/mol. The third-order valence-electron chi connectivity index (χ3n) is 3.71. The summed E-state index contributed by atoms with van der Waals surface area (Å²) in [5, 5.41) is 3.68. The first-order valence-corrected chi connectivity index (χ1v) is 9.04. The Hall–Kier alpha value is -1.45. The van der Waals surface area contributed by atoms with Crippen molar-refractivity contribution in [1.82, 2.24) is 0 Å². The van der Waals surface area contributed by atoms with Crippen LogP contribution in [0.15, 0.2) is 36.4 Å². The maximum atomic E-state index is 12.4. The maximum Gasteiger partial charge on any atom is 0.237 e. The van der Waals surface area contributed by atoms with Gasteiger partial charge in [0, 0.05) is 16.5 Å². The van der Waals surface area contributed by atoms with Gasteiger partial charge in [-0.25, -0.2) is 0 Å². The fourth-order valence-corrected chi connectivity index (χ4v) is 3.45. The first kappa shape index (κ1) is 17.9. The number of carbonyl (C=O) groups excluding carboxylic acids is 1. The van der Waals surface area contributed by atoms with Crippen LogP contribution in [0.25, 0.3) is 0 Å². The highest BCUT2D eigenvalue weighted by Crippen LogP contribution is 2.24. The molecule has 0 aliphatic rings. The molecule has 0 aliphatic heterocycles. The molecule has 1 N–H and O–H groups in total. The van der Waals surface area contributed by atoms with Gasteiger partial charge in [-0.05, 0) is 56.5 Å². The summed E-state index contributed by atoms with van der Waals surface area (Å²) >= 11 is 7.51. The molecule has 0 aliphatic carbocycles. The Morgan fingerprint density at radius 3 is 2.26 bits per heavy atom. The third kappa shape index (κ3) is 5.02. The zero-order valence-electron chi connectivity index (χ0n) is 13.9. The van der Waals surface area contributed by atoms with Crippen LogP contribution < -0.4 is 5.32 Å². The van der Waals surface area contributed by atoms with Gasteiger partial charge in [0.2, 0.25) is 5.91 Å². The molecule has 1 atom stereocenters. The number of amides is 1. The Balaban J connectivity index is 1.96. The van der Waals surface area contributed by atoms with E-state index in [0.717, 1.165) is 27.6 Å². The lowest BCUT2D eigenvalue weighted by molar-refractivity contribution is -0.115. The van der Waals surface area contributed by atoms with Crippen LogP contribution in [0.3, 0.4) is 0 Å². The van der Waals surface area contributed by atoms with Crippen molar-refractivity contribution in [2.24, 2.45) is 0 Å². The Kier molecular flexibility index (Phi) is 6.14. The normalized spacial score (nSPS) is 12.0. The van der Waals surface area contributed by atoms with Crippen LogP contribution in [0.1, 0.15) is 29.2 Å². The van der Waals surface area contributed by atoms with Gasteiger partial charge in [0.1, 0.15) is 0 Å². The zero-order valence-corrected chi connectivity index (χ0v) is 15.5. The number of anilines is 1. The van der Waals surface area contributed by atoms with Gasteiger partial charge >= 0.3 is 0 Å². The van der Waals surface area contributed by atoms with E-state index in [1.807, 2.05) is 45.0 Å². The highest BCUT2D eigenvalue weighted by Gasteiger charge is 2.15. The molecule has 0 fully saturated rings. The van der Waals surface area contributed by atoms with E-state index in [1.54, 1.807) is 11.8 Å². The summed E-state index contributed by atoms with van der Waals surface area (Å²) in [4.78, 5) is 12.4. The van der Waals surface area contributed by atoms with Gasteiger partial charge in [-0.15, -0.1) is 11.8 Å². The highest BCUT2D eigenvalue weighted by atomic mass is 35.5. The quantitative estimate of drug-likeness (QED) is 0.770. The number of aryl methyl sites for hydroxylation is 3. The van der Waals surface area contributed by atoms with E-state index >= 15 is 0 Å². The molecule has 23 heavy (non-hydrogen) atoms. The van der Waals surface area contributed by atoms with Crippen molar-refractivity contribution in [3.05, 3.63) is 63.7 Å². The molecule has 122 valence electrons. The number of nitrogens with one attached hydrogen (secondary N) is 1. The molecule has 0 radical (unpaired) electrons. The van der Waals surface area contributed by atoms with Crippen LogP contribution in [0.5, 0.6) is 0 Å². The Labute approximate surface area is 147 Å². The molecular formula is C19H22ClNOS. The molecule has 2 aromatic carbocycles. The number of hydrogen-bond donors (Lipinski definition) is 1. The van der Waals surface area contributed by atoms with Crippen molar-refractivity contribution in [2.75, 3.05) is 5.32 Å². The van der Waals surface area contributed by atoms with Gasteiger partial charge in [-0.2, -0.15) is 0 Å². The molecule has 0 heterocycles. The molecule has 2 aromatic rings. The van der Waals surface area contributed by atoms with Crippen LogP contribution in [0.4, 0.5) is 5.69 Å². The lowest BCUT2D eigenvalue weighted by Gasteiger charge is -2.16. The number of hydrogen-bond acceptors (Lipinski definition) is 2. The largest absolute Gasteiger partial charge is 0.325 e. The SMILES string of the molecule is Cc1cc(C)c(NC(=O)[C@H](C)SCc2ccc(Cl)cc2)c(C)c1. The maximum absolute atomic E-state index is 12.4.